The van der Waals surface area contributed by atoms with Gasteiger partial charge < -0.3 is 5.32 Å². The van der Waals surface area contributed by atoms with Gasteiger partial charge in [0.15, 0.2) is 0 Å². The topological polar surface area (TPSA) is 15.3 Å². The van der Waals surface area contributed by atoms with Crippen LogP contribution in [0.2, 0.25) is 0 Å². The van der Waals surface area contributed by atoms with Gasteiger partial charge in [-0.3, -0.25) is 4.90 Å². The highest BCUT2D eigenvalue weighted by atomic mass is 15.2. The van der Waals surface area contributed by atoms with Crippen LogP contribution in [0.4, 0.5) is 0 Å². The number of hydrogen-bond donors (Lipinski definition) is 1. The van der Waals surface area contributed by atoms with Crippen molar-refractivity contribution in [3.63, 3.8) is 0 Å². The minimum atomic E-state index is 0.722. The minimum Gasteiger partial charge on any atom is -0.311 e. The Morgan fingerprint density at radius 3 is 2.44 bits per heavy atom. The molecule has 1 rings (SSSR count). The van der Waals surface area contributed by atoms with Crippen molar-refractivity contribution in [2.24, 2.45) is 11.8 Å². The first kappa shape index (κ1) is 16.0. The van der Waals surface area contributed by atoms with Crippen molar-refractivity contribution >= 4 is 0 Å². The number of hydrogen-bond acceptors (Lipinski definition) is 2. The van der Waals surface area contributed by atoms with Gasteiger partial charge in [0.05, 0.1) is 0 Å². The molecule has 0 aromatic carbocycles. The maximum absolute atomic E-state index is 3.76. The summed E-state index contributed by atoms with van der Waals surface area (Å²) in [6.07, 6.45) is 5.21. The van der Waals surface area contributed by atoms with Crippen LogP contribution in [0.1, 0.15) is 60.3 Å². The third-order valence-electron chi connectivity index (χ3n) is 4.72. The molecule has 1 N–H and O–H groups in total. The Labute approximate surface area is 115 Å². The minimum absolute atomic E-state index is 0.722. The Morgan fingerprint density at radius 1 is 1.17 bits per heavy atom. The average molecular weight is 254 g/mol. The fourth-order valence-corrected chi connectivity index (χ4v) is 3.01. The molecular weight excluding hydrogens is 220 g/mol. The van der Waals surface area contributed by atoms with E-state index < -0.39 is 0 Å². The predicted molar refractivity (Wildman–Crippen MR) is 81.0 cm³/mol. The van der Waals surface area contributed by atoms with Gasteiger partial charge in [0, 0.05) is 31.7 Å². The van der Waals surface area contributed by atoms with Gasteiger partial charge in [-0.1, -0.05) is 53.9 Å². The van der Waals surface area contributed by atoms with Crippen LogP contribution in [0.25, 0.3) is 0 Å². The molecule has 18 heavy (non-hydrogen) atoms. The quantitative estimate of drug-likeness (QED) is 0.748. The van der Waals surface area contributed by atoms with E-state index in [1.54, 1.807) is 0 Å². The van der Waals surface area contributed by atoms with Crippen molar-refractivity contribution in [1.29, 1.82) is 0 Å². The van der Waals surface area contributed by atoms with Crippen LogP contribution < -0.4 is 5.32 Å². The van der Waals surface area contributed by atoms with Crippen molar-refractivity contribution in [3.8, 4) is 0 Å². The largest absolute Gasteiger partial charge is 0.311 e. The lowest BCUT2D eigenvalue weighted by molar-refractivity contribution is 0.0748. The zero-order chi connectivity index (χ0) is 13.5. The lowest BCUT2D eigenvalue weighted by Gasteiger charge is -2.44. The molecule has 1 saturated heterocycles. The third kappa shape index (κ3) is 4.55. The molecule has 0 radical (unpaired) electrons. The summed E-state index contributed by atoms with van der Waals surface area (Å²) in [5.41, 5.74) is 0. The Morgan fingerprint density at radius 2 is 1.89 bits per heavy atom. The maximum Gasteiger partial charge on any atom is 0.0246 e. The van der Waals surface area contributed by atoms with Crippen LogP contribution in [0.5, 0.6) is 0 Å². The molecule has 0 amide bonds. The summed E-state index contributed by atoms with van der Waals surface area (Å²) in [6, 6.07) is 1.47. The van der Waals surface area contributed by atoms with E-state index in [4.69, 9.17) is 0 Å². The van der Waals surface area contributed by atoms with E-state index in [9.17, 15) is 0 Å². The Kier molecular flexibility index (Phi) is 7.25. The van der Waals surface area contributed by atoms with Crippen molar-refractivity contribution in [3.05, 3.63) is 0 Å². The summed E-state index contributed by atoms with van der Waals surface area (Å²) in [4.78, 5) is 2.78. The molecule has 0 saturated carbocycles. The Bertz CT molecular complexity index is 217. The summed E-state index contributed by atoms with van der Waals surface area (Å²) in [5.74, 6) is 1.64. The molecule has 1 heterocycles. The van der Waals surface area contributed by atoms with E-state index in [0.29, 0.717) is 0 Å². The standard InChI is InChI=1S/C16H34N2/c1-6-9-15-12-18(11-13(4)7-2)16(10-17-15)14(5)8-3/h13-17H,6-12H2,1-5H3. The normalized spacial score (nSPS) is 29.2. The van der Waals surface area contributed by atoms with Gasteiger partial charge in [-0.2, -0.15) is 0 Å². The summed E-state index contributed by atoms with van der Waals surface area (Å²) < 4.78 is 0. The van der Waals surface area contributed by atoms with Gasteiger partial charge in [-0.25, -0.2) is 0 Å². The average Bonchev–Trinajstić information content (AvgIpc) is 2.38. The molecule has 4 atom stereocenters. The zero-order valence-corrected chi connectivity index (χ0v) is 13.2. The smallest absolute Gasteiger partial charge is 0.0246 e. The molecule has 1 aliphatic rings. The van der Waals surface area contributed by atoms with Gasteiger partial charge in [0.2, 0.25) is 0 Å². The lowest BCUT2D eigenvalue weighted by Crippen LogP contribution is -2.59. The first-order valence-corrected chi connectivity index (χ1v) is 8.09. The molecule has 0 spiro atoms. The Hall–Kier alpha value is -0.0800. The van der Waals surface area contributed by atoms with Gasteiger partial charge in [0.1, 0.15) is 0 Å². The van der Waals surface area contributed by atoms with Gasteiger partial charge in [-0.05, 0) is 18.3 Å². The van der Waals surface area contributed by atoms with Gasteiger partial charge in [-0.15, -0.1) is 0 Å². The molecule has 2 heteroatoms. The maximum atomic E-state index is 3.76. The highest BCUT2D eigenvalue weighted by Crippen LogP contribution is 2.21. The van der Waals surface area contributed by atoms with Crippen molar-refractivity contribution in [2.45, 2.75) is 72.4 Å². The molecule has 1 fully saturated rings. The second kappa shape index (κ2) is 8.16. The first-order chi connectivity index (χ1) is 8.62. The fourth-order valence-electron chi connectivity index (χ4n) is 3.01. The number of rotatable bonds is 7. The van der Waals surface area contributed by atoms with E-state index in [-0.39, 0.29) is 0 Å². The second-order valence-corrected chi connectivity index (χ2v) is 6.31. The van der Waals surface area contributed by atoms with Gasteiger partial charge >= 0.3 is 0 Å². The van der Waals surface area contributed by atoms with E-state index >= 15 is 0 Å². The molecule has 0 bridgehead atoms. The monoisotopic (exact) mass is 254 g/mol. The zero-order valence-electron chi connectivity index (χ0n) is 13.2. The van der Waals surface area contributed by atoms with Crippen molar-refractivity contribution in [1.82, 2.24) is 10.2 Å². The highest BCUT2D eigenvalue weighted by Gasteiger charge is 2.30. The van der Waals surface area contributed by atoms with Crippen LogP contribution in [0.3, 0.4) is 0 Å². The van der Waals surface area contributed by atoms with Crippen LogP contribution in [0.15, 0.2) is 0 Å². The molecule has 0 aliphatic carbocycles. The molecule has 108 valence electrons. The van der Waals surface area contributed by atoms with Crippen LogP contribution in [0, 0.1) is 11.8 Å². The SMILES string of the molecule is CCCC1CN(CC(C)CC)C(C(C)CC)CN1. The number of nitrogens with zero attached hydrogens (tertiary/aromatic N) is 1. The van der Waals surface area contributed by atoms with Crippen molar-refractivity contribution < 1.29 is 0 Å². The summed E-state index contributed by atoms with van der Waals surface area (Å²) in [7, 11) is 0. The summed E-state index contributed by atoms with van der Waals surface area (Å²) >= 11 is 0. The lowest BCUT2D eigenvalue weighted by atomic mass is 9.92. The van der Waals surface area contributed by atoms with Crippen LogP contribution >= 0.6 is 0 Å². The Balaban J connectivity index is 2.60. The van der Waals surface area contributed by atoms with Crippen LogP contribution in [-0.2, 0) is 0 Å². The van der Waals surface area contributed by atoms with E-state index in [0.717, 1.165) is 23.9 Å². The molecule has 0 aromatic rings. The van der Waals surface area contributed by atoms with E-state index in [1.807, 2.05) is 0 Å². The summed E-state index contributed by atoms with van der Waals surface area (Å²) in [6.45, 7) is 15.5. The molecule has 2 nitrogen and oxygen atoms in total. The third-order valence-corrected chi connectivity index (χ3v) is 4.72. The van der Waals surface area contributed by atoms with Gasteiger partial charge in [0.25, 0.3) is 0 Å². The molecule has 4 unspecified atom stereocenters. The predicted octanol–water partition coefficient (Wildman–Crippen LogP) is 3.52. The van der Waals surface area contributed by atoms with Crippen molar-refractivity contribution in [2.75, 3.05) is 19.6 Å². The second-order valence-electron chi connectivity index (χ2n) is 6.31. The molecule has 0 aromatic heterocycles. The fraction of sp³-hybridized carbons (Fsp3) is 1.00. The highest BCUT2D eigenvalue weighted by molar-refractivity contribution is 4.88. The number of nitrogens with one attached hydrogen (secondary N) is 1. The molecular formula is C16H34N2. The molecule has 1 aliphatic heterocycles. The van der Waals surface area contributed by atoms with E-state index in [2.05, 4.69) is 44.8 Å². The number of piperazine rings is 1. The van der Waals surface area contributed by atoms with Crippen LogP contribution in [-0.4, -0.2) is 36.6 Å². The summed E-state index contributed by atoms with van der Waals surface area (Å²) in [5, 5.41) is 3.76. The first-order valence-electron chi connectivity index (χ1n) is 8.09. The van der Waals surface area contributed by atoms with E-state index in [1.165, 1.54) is 45.3 Å².